The number of nitro benzene ring substituents is 1. The fraction of sp³-hybridized carbons (Fsp3) is 0.278. The highest BCUT2D eigenvalue weighted by Gasteiger charge is 2.34. The predicted octanol–water partition coefficient (Wildman–Crippen LogP) is 2.43. The Balaban J connectivity index is 1.68. The highest BCUT2D eigenvalue weighted by molar-refractivity contribution is 9.10. The molecular weight excluding hydrogens is 450 g/mol. The van der Waals surface area contributed by atoms with Crippen LogP contribution in [-0.4, -0.2) is 54.6 Å². The summed E-state index contributed by atoms with van der Waals surface area (Å²) >= 11 is 3.37. The molecule has 0 saturated carbocycles. The summed E-state index contributed by atoms with van der Waals surface area (Å²) in [5.41, 5.74) is 0.421. The van der Waals surface area contributed by atoms with Gasteiger partial charge in [-0.05, 0) is 23.8 Å². The molecule has 1 saturated heterocycles. The van der Waals surface area contributed by atoms with E-state index in [2.05, 4.69) is 15.9 Å². The zero-order valence-corrected chi connectivity index (χ0v) is 17.2. The minimum Gasteiger partial charge on any atom is -0.340 e. The molecule has 2 aromatic rings. The lowest BCUT2D eigenvalue weighted by Crippen LogP contribution is -2.50. The van der Waals surface area contributed by atoms with Gasteiger partial charge in [-0.15, -0.1) is 0 Å². The Kier molecular flexibility index (Phi) is 6.11. The van der Waals surface area contributed by atoms with Crippen LogP contribution in [0.4, 0.5) is 5.69 Å². The Labute approximate surface area is 171 Å². The number of para-hydroxylation sites is 1. The van der Waals surface area contributed by atoms with E-state index in [1.165, 1.54) is 28.6 Å². The van der Waals surface area contributed by atoms with Gasteiger partial charge in [-0.25, -0.2) is 8.42 Å². The van der Waals surface area contributed by atoms with Crippen molar-refractivity contribution in [2.75, 3.05) is 26.2 Å². The van der Waals surface area contributed by atoms with Crippen LogP contribution in [0.25, 0.3) is 0 Å². The van der Waals surface area contributed by atoms with Crippen molar-refractivity contribution in [1.29, 1.82) is 0 Å². The first-order chi connectivity index (χ1) is 13.3. The second kappa shape index (κ2) is 8.38. The molecule has 1 amide bonds. The summed E-state index contributed by atoms with van der Waals surface area (Å²) < 4.78 is 27.7. The second-order valence-electron chi connectivity index (χ2n) is 6.32. The lowest BCUT2D eigenvalue weighted by molar-refractivity contribution is -0.387. The van der Waals surface area contributed by atoms with Crippen molar-refractivity contribution in [3.8, 4) is 0 Å². The molecule has 10 heteroatoms. The minimum absolute atomic E-state index is 0.0826. The summed E-state index contributed by atoms with van der Waals surface area (Å²) in [5, 5.41) is 11.2. The molecule has 0 unspecified atom stereocenters. The molecule has 28 heavy (non-hydrogen) atoms. The van der Waals surface area contributed by atoms with Gasteiger partial charge in [0, 0.05) is 36.7 Å². The lowest BCUT2D eigenvalue weighted by Gasteiger charge is -2.34. The van der Waals surface area contributed by atoms with Gasteiger partial charge >= 0.3 is 0 Å². The molecule has 1 heterocycles. The largest absolute Gasteiger partial charge is 0.340 e. The first-order valence-corrected chi connectivity index (χ1v) is 10.8. The molecule has 0 aliphatic carbocycles. The van der Waals surface area contributed by atoms with E-state index in [-0.39, 0.29) is 43.4 Å². The van der Waals surface area contributed by atoms with E-state index in [0.717, 1.165) is 10.0 Å². The molecule has 1 fully saturated rings. The van der Waals surface area contributed by atoms with Crippen molar-refractivity contribution < 1.29 is 18.1 Å². The molecule has 0 aromatic heterocycles. The Morgan fingerprint density at radius 3 is 2.39 bits per heavy atom. The number of sulfonamides is 1. The number of carbonyl (C=O) groups is 1. The molecule has 1 aliphatic rings. The monoisotopic (exact) mass is 467 g/mol. The van der Waals surface area contributed by atoms with E-state index < -0.39 is 20.6 Å². The van der Waals surface area contributed by atoms with E-state index in [1.807, 2.05) is 24.3 Å². The number of amides is 1. The van der Waals surface area contributed by atoms with Gasteiger partial charge in [0.2, 0.25) is 15.9 Å². The number of halogens is 1. The Bertz CT molecular complexity index is 1000. The van der Waals surface area contributed by atoms with Crippen molar-refractivity contribution in [3.05, 3.63) is 68.7 Å². The molecule has 0 N–H and O–H groups in total. The number of hydrogen-bond donors (Lipinski definition) is 0. The van der Waals surface area contributed by atoms with Gasteiger partial charge in [0.05, 0.1) is 11.3 Å². The van der Waals surface area contributed by atoms with Gasteiger partial charge in [0.25, 0.3) is 5.69 Å². The van der Waals surface area contributed by atoms with Crippen LogP contribution in [0.1, 0.15) is 5.56 Å². The molecule has 0 bridgehead atoms. The molecule has 148 valence electrons. The highest BCUT2D eigenvalue weighted by Crippen LogP contribution is 2.27. The number of rotatable bonds is 5. The van der Waals surface area contributed by atoms with Gasteiger partial charge in [-0.3, -0.25) is 14.9 Å². The zero-order chi connectivity index (χ0) is 20.3. The first kappa shape index (κ1) is 20.4. The lowest BCUT2D eigenvalue weighted by atomic mass is 10.1. The van der Waals surface area contributed by atoms with E-state index >= 15 is 0 Å². The van der Waals surface area contributed by atoms with Crippen LogP contribution in [0.2, 0.25) is 0 Å². The second-order valence-corrected chi connectivity index (χ2v) is 9.14. The first-order valence-electron chi connectivity index (χ1n) is 8.55. The predicted molar refractivity (Wildman–Crippen MR) is 106 cm³/mol. The minimum atomic E-state index is -4.00. The van der Waals surface area contributed by atoms with Crippen molar-refractivity contribution >= 4 is 37.5 Å². The summed E-state index contributed by atoms with van der Waals surface area (Å²) in [5.74, 6) is -0.0826. The maximum atomic E-state index is 12.8. The highest BCUT2D eigenvalue weighted by atomic mass is 79.9. The number of nitrogens with zero attached hydrogens (tertiary/aromatic N) is 3. The normalized spacial score (nSPS) is 15.4. The maximum Gasteiger partial charge on any atom is 0.289 e. The number of carbonyl (C=O) groups excluding carboxylic acids is 1. The number of piperazine rings is 1. The summed E-state index contributed by atoms with van der Waals surface area (Å²) in [4.78, 5) is 24.2. The van der Waals surface area contributed by atoms with Gasteiger partial charge in [0.1, 0.15) is 0 Å². The molecule has 1 aliphatic heterocycles. The molecular formula is C18H18BrN3O5S. The van der Waals surface area contributed by atoms with Crippen LogP contribution in [-0.2, 0) is 21.2 Å². The molecule has 2 aromatic carbocycles. The van der Waals surface area contributed by atoms with Crippen LogP contribution >= 0.6 is 15.9 Å². The Morgan fingerprint density at radius 2 is 1.75 bits per heavy atom. The molecule has 8 nitrogen and oxygen atoms in total. The summed E-state index contributed by atoms with van der Waals surface area (Å²) in [7, 11) is -4.00. The van der Waals surface area contributed by atoms with E-state index in [4.69, 9.17) is 0 Å². The van der Waals surface area contributed by atoms with Crippen molar-refractivity contribution in [2.45, 2.75) is 11.3 Å². The van der Waals surface area contributed by atoms with Crippen LogP contribution in [0.3, 0.4) is 0 Å². The van der Waals surface area contributed by atoms with Gasteiger partial charge in [-0.2, -0.15) is 4.31 Å². The average molecular weight is 468 g/mol. The van der Waals surface area contributed by atoms with Crippen LogP contribution in [0, 0.1) is 10.1 Å². The van der Waals surface area contributed by atoms with Crippen LogP contribution in [0.5, 0.6) is 0 Å². The third-order valence-corrected chi connectivity index (χ3v) is 6.95. The van der Waals surface area contributed by atoms with Crippen molar-refractivity contribution in [1.82, 2.24) is 9.21 Å². The topological polar surface area (TPSA) is 101 Å². The smallest absolute Gasteiger partial charge is 0.289 e. The molecule has 0 spiro atoms. The SMILES string of the molecule is O=C(Cc1cccc(Br)c1)N1CCN(S(=O)(=O)c2ccccc2[N+](=O)[O-])CC1. The number of hydrogen-bond acceptors (Lipinski definition) is 5. The molecule has 0 radical (unpaired) electrons. The van der Waals surface area contributed by atoms with Gasteiger partial charge < -0.3 is 4.90 Å². The van der Waals surface area contributed by atoms with Gasteiger partial charge in [-0.1, -0.05) is 40.2 Å². The summed E-state index contributed by atoms with van der Waals surface area (Å²) in [6, 6.07) is 12.7. The van der Waals surface area contributed by atoms with E-state index in [1.54, 1.807) is 4.90 Å². The third-order valence-electron chi connectivity index (χ3n) is 4.52. The van der Waals surface area contributed by atoms with Crippen molar-refractivity contribution in [3.63, 3.8) is 0 Å². The van der Waals surface area contributed by atoms with Crippen LogP contribution in [0.15, 0.2) is 57.9 Å². The summed E-state index contributed by atoms with van der Waals surface area (Å²) in [6.07, 6.45) is 0.232. The standard InChI is InChI=1S/C18H18BrN3O5S/c19-15-5-3-4-14(12-15)13-18(23)20-8-10-21(11-9-20)28(26,27)17-7-2-1-6-16(17)22(24)25/h1-7,12H,8-11,13H2. The number of benzene rings is 2. The maximum absolute atomic E-state index is 12.8. The van der Waals surface area contributed by atoms with Crippen molar-refractivity contribution in [2.24, 2.45) is 0 Å². The quantitative estimate of drug-likeness (QED) is 0.496. The Hall–Kier alpha value is -2.30. The third kappa shape index (κ3) is 4.40. The van der Waals surface area contributed by atoms with E-state index in [0.29, 0.717) is 0 Å². The fourth-order valence-electron chi connectivity index (χ4n) is 3.08. The molecule has 3 rings (SSSR count). The Morgan fingerprint density at radius 1 is 1.07 bits per heavy atom. The van der Waals surface area contributed by atoms with E-state index in [9.17, 15) is 23.3 Å². The molecule has 0 atom stereocenters. The zero-order valence-electron chi connectivity index (χ0n) is 14.8. The number of nitro groups is 1. The average Bonchev–Trinajstić information content (AvgIpc) is 2.68. The summed E-state index contributed by atoms with van der Waals surface area (Å²) in [6.45, 7) is 0.677. The fourth-order valence-corrected chi connectivity index (χ4v) is 5.10. The van der Waals surface area contributed by atoms with Crippen LogP contribution < -0.4 is 0 Å². The van der Waals surface area contributed by atoms with Gasteiger partial charge in [0.15, 0.2) is 4.90 Å².